The molecule has 0 radical (unpaired) electrons. The molecule has 0 saturated heterocycles. The monoisotopic (exact) mass is 428 g/mol. The molecule has 2 aliphatic rings. The second-order valence-electron chi connectivity index (χ2n) is 7.36. The zero-order valence-electron chi connectivity index (χ0n) is 16.4. The van der Waals surface area contributed by atoms with Crippen LogP contribution in [0.2, 0.25) is 5.02 Å². The molecular formula is C22H21ClN2O5. The summed E-state index contributed by atoms with van der Waals surface area (Å²) in [7, 11) is 0. The van der Waals surface area contributed by atoms with Gasteiger partial charge in [0.15, 0.2) is 19.0 Å². The van der Waals surface area contributed by atoms with Gasteiger partial charge in [-0.1, -0.05) is 17.7 Å². The quantitative estimate of drug-likeness (QED) is 0.685. The smallest absolute Gasteiger partial charge is 0.265 e. The molecular weight excluding hydrogens is 408 g/mol. The molecule has 1 heterocycles. The van der Waals surface area contributed by atoms with E-state index in [1.807, 2.05) is 0 Å². The lowest BCUT2D eigenvalue weighted by atomic mass is 10.1. The molecule has 1 aliphatic carbocycles. The molecule has 8 heteroatoms. The van der Waals surface area contributed by atoms with Crippen molar-refractivity contribution >= 4 is 34.9 Å². The van der Waals surface area contributed by atoms with Gasteiger partial charge in [0, 0.05) is 16.6 Å². The number of carbonyl (C=O) groups excluding carboxylic acids is 3. The summed E-state index contributed by atoms with van der Waals surface area (Å²) in [5.74, 6) is 0.110. The molecule has 4 rings (SSSR count). The minimum atomic E-state index is -0.714. The van der Waals surface area contributed by atoms with Crippen LogP contribution in [0.3, 0.4) is 0 Å². The van der Waals surface area contributed by atoms with Gasteiger partial charge in [0.25, 0.3) is 5.91 Å². The van der Waals surface area contributed by atoms with Gasteiger partial charge in [-0.05, 0) is 56.2 Å². The zero-order chi connectivity index (χ0) is 21.3. The molecule has 1 N–H and O–H groups in total. The summed E-state index contributed by atoms with van der Waals surface area (Å²) in [6, 6.07) is 11.1. The fraction of sp³-hybridized carbons (Fsp3) is 0.318. The third-order valence-corrected chi connectivity index (χ3v) is 5.25. The third kappa shape index (κ3) is 4.41. The number of Topliss-reactive ketones (excluding diaryl/α,β-unsaturated/α-hetero) is 1. The number of fused-ring (bicyclic) bond motifs is 1. The number of ketones is 1. The van der Waals surface area contributed by atoms with Crippen LogP contribution in [0.25, 0.3) is 0 Å². The first kappa shape index (κ1) is 20.2. The van der Waals surface area contributed by atoms with E-state index in [9.17, 15) is 14.4 Å². The van der Waals surface area contributed by atoms with Crippen molar-refractivity contribution < 1.29 is 23.9 Å². The fourth-order valence-corrected chi connectivity index (χ4v) is 3.41. The minimum absolute atomic E-state index is 0.154. The molecule has 2 amide bonds. The van der Waals surface area contributed by atoms with Gasteiger partial charge < -0.3 is 14.8 Å². The molecule has 0 spiro atoms. The Hall–Kier alpha value is -3.06. The summed E-state index contributed by atoms with van der Waals surface area (Å²) in [5.41, 5.74) is 0.757. The second kappa shape index (κ2) is 8.36. The van der Waals surface area contributed by atoms with E-state index >= 15 is 0 Å². The lowest BCUT2D eigenvalue weighted by Crippen LogP contribution is -2.51. The molecule has 1 aliphatic heterocycles. The number of benzene rings is 2. The number of carbonyl (C=O) groups is 3. The number of hydrogen-bond acceptors (Lipinski definition) is 5. The molecule has 0 bridgehead atoms. The topological polar surface area (TPSA) is 84.9 Å². The first-order chi connectivity index (χ1) is 14.4. The maximum absolute atomic E-state index is 12.7. The molecule has 2 aromatic rings. The van der Waals surface area contributed by atoms with Crippen LogP contribution >= 0.6 is 11.6 Å². The van der Waals surface area contributed by atoms with Gasteiger partial charge in [-0.25, -0.2) is 0 Å². The molecule has 2 aromatic carbocycles. The van der Waals surface area contributed by atoms with Crippen molar-refractivity contribution in [2.75, 3.05) is 18.1 Å². The number of nitrogens with one attached hydrogen (secondary N) is 1. The van der Waals surface area contributed by atoms with Crippen LogP contribution in [-0.2, 0) is 9.59 Å². The Labute approximate surface area is 178 Å². The van der Waals surface area contributed by atoms with Gasteiger partial charge in [0.05, 0.1) is 5.69 Å². The molecule has 156 valence electrons. The van der Waals surface area contributed by atoms with Crippen molar-refractivity contribution in [2.45, 2.75) is 31.8 Å². The van der Waals surface area contributed by atoms with Gasteiger partial charge in [-0.15, -0.1) is 0 Å². The van der Waals surface area contributed by atoms with Gasteiger partial charge in [0.2, 0.25) is 5.91 Å². The summed E-state index contributed by atoms with van der Waals surface area (Å²) < 4.78 is 11.0. The minimum Gasteiger partial charge on any atom is -0.485 e. The maximum atomic E-state index is 12.7. The Kier molecular flexibility index (Phi) is 5.63. The lowest BCUT2D eigenvalue weighted by molar-refractivity contribution is -0.127. The largest absolute Gasteiger partial charge is 0.485 e. The number of ether oxygens (including phenoxy) is 2. The first-order valence-electron chi connectivity index (χ1n) is 9.73. The van der Waals surface area contributed by atoms with Crippen molar-refractivity contribution in [1.82, 2.24) is 5.32 Å². The van der Waals surface area contributed by atoms with Crippen molar-refractivity contribution in [2.24, 2.45) is 0 Å². The van der Waals surface area contributed by atoms with E-state index in [1.54, 1.807) is 49.4 Å². The Morgan fingerprint density at radius 1 is 1.27 bits per heavy atom. The summed E-state index contributed by atoms with van der Waals surface area (Å²) in [6.07, 6.45) is 1.91. The molecule has 30 heavy (non-hydrogen) atoms. The first-order valence-corrected chi connectivity index (χ1v) is 10.1. The summed E-state index contributed by atoms with van der Waals surface area (Å²) in [6.45, 7) is 1.33. The predicted molar refractivity (Wildman–Crippen MR) is 111 cm³/mol. The predicted octanol–water partition coefficient (Wildman–Crippen LogP) is 2.99. The van der Waals surface area contributed by atoms with Crippen LogP contribution in [0.5, 0.6) is 11.5 Å². The number of rotatable bonds is 7. The molecule has 1 atom stereocenters. The summed E-state index contributed by atoms with van der Waals surface area (Å²) >= 11 is 5.93. The Morgan fingerprint density at radius 3 is 2.80 bits per heavy atom. The second-order valence-corrected chi connectivity index (χ2v) is 7.80. The van der Waals surface area contributed by atoms with Crippen molar-refractivity contribution in [3.05, 3.63) is 53.1 Å². The van der Waals surface area contributed by atoms with Gasteiger partial charge in [-0.2, -0.15) is 0 Å². The van der Waals surface area contributed by atoms with Gasteiger partial charge >= 0.3 is 0 Å². The summed E-state index contributed by atoms with van der Waals surface area (Å²) in [4.78, 5) is 39.1. The van der Waals surface area contributed by atoms with E-state index < -0.39 is 6.04 Å². The SMILES string of the molecule is CC(C(=O)NC1CC1)N1C(=O)COc2ccc(C(=O)COc3cccc(Cl)c3)cc21. The van der Waals surface area contributed by atoms with E-state index in [2.05, 4.69) is 5.32 Å². The normalized spacial score (nSPS) is 16.3. The average molecular weight is 429 g/mol. The van der Waals surface area contributed by atoms with Crippen LogP contribution in [0.1, 0.15) is 30.1 Å². The summed E-state index contributed by atoms with van der Waals surface area (Å²) in [5, 5.41) is 3.42. The zero-order valence-corrected chi connectivity index (χ0v) is 17.1. The van der Waals surface area contributed by atoms with Gasteiger partial charge in [0.1, 0.15) is 17.5 Å². The number of nitrogens with zero attached hydrogens (tertiary/aromatic N) is 1. The fourth-order valence-electron chi connectivity index (χ4n) is 3.22. The highest BCUT2D eigenvalue weighted by Gasteiger charge is 2.35. The molecule has 7 nitrogen and oxygen atoms in total. The standard InChI is InChI=1S/C22H21ClN2O5/c1-13(22(28)24-16-6-7-16)25-18-9-14(5-8-20(18)30-12-21(25)27)19(26)11-29-17-4-2-3-15(23)10-17/h2-5,8-10,13,16H,6-7,11-12H2,1H3,(H,24,28). The highest BCUT2D eigenvalue weighted by molar-refractivity contribution is 6.30. The highest BCUT2D eigenvalue weighted by atomic mass is 35.5. The molecule has 1 fully saturated rings. The Balaban J connectivity index is 1.52. The van der Waals surface area contributed by atoms with E-state index in [1.165, 1.54) is 4.90 Å². The molecule has 1 unspecified atom stereocenters. The molecule has 0 aromatic heterocycles. The number of hydrogen-bond donors (Lipinski definition) is 1. The van der Waals surface area contributed by atoms with E-state index in [0.717, 1.165) is 12.8 Å². The number of anilines is 1. The Morgan fingerprint density at radius 2 is 2.07 bits per heavy atom. The van der Waals surface area contributed by atoms with Crippen molar-refractivity contribution in [3.8, 4) is 11.5 Å². The number of amides is 2. The van der Waals surface area contributed by atoms with Crippen molar-refractivity contribution in [3.63, 3.8) is 0 Å². The van der Waals surface area contributed by atoms with Gasteiger partial charge in [-0.3, -0.25) is 19.3 Å². The lowest BCUT2D eigenvalue weighted by Gasteiger charge is -2.33. The van der Waals surface area contributed by atoms with Crippen LogP contribution in [0, 0.1) is 0 Å². The van der Waals surface area contributed by atoms with E-state index in [4.69, 9.17) is 21.1 Å². The van der Waals surface area contributed by atoms with E-state index in [-0.39, 0.29) is 36.9 Å². The average Bonchev–Trinajstić information content (AvgIpc) is 3.55. The van der Waals surface area contributed by atoms with Crippen LogP contribution < -0.4 is 19.7 Å². The highest BCUT2D eigenvalue weighted by Crippen LogP contribution is 2.35. The Bertz CT molecular complexity index is 1000. The van der Waals surface area contributed by atoms with Crippen molar-refractivity contribution in [1.29, 1.82) is 0 Å². The number of halogens is 1. The third-order valence-electron chi connectivity index (χ3n) is 5.02. The maximum Gasteiger partial charge on any atom is 0.265 e. The van der Waals surface area contributed by atoms with Crippen LogP contribution in [0.4, 0.5) is 5.69 Å². The molecule has 1 saturated carbocycles. The van der Waals surface area contributed by atoms with E-state index in [0.29, 0.717) is 27.8 Å². The van der Waals surface area contributed by atoms with Crippen LogP contribution in [0.15, 0.2) is 42.5 Å². The van der Waals surface area contributed by atoms with Crippen LogP contribution in [-0.4, -0.2) is 42.9 Å².